The van der Waals surface area contributed by atoms with Crippen LogP contribution in [-0.4, -0.2) is 19.3 Å². The summed E-state index contributed by atoms with van der Waals surface area (Å²) in [6.07, 6.45) is 3.10. The molecule has 29 heavy (non-hydrogen) atoms. The number of aromatic nitrogens is 1. The third-order valence-electron chi connectivity index (χ3n) is 5.41. The van der Waals surface area contributed by atoms with Crippen molar-refractivity contribution in [2.75, 3.05) is 0 Å². The Morgan fingerprint density at radius 3 is 2.62 bits per heavy atom. The first-order valence-corrected chi connectivity index (χ1v) is 11.0. The van der Waals surface area contributed by atoms with Gasteiger partial charge in [0.2, 0.25) is 5.91 Å². The summed E-state index contributed by atoms with van der Waals surface area (Å²) >= 11 is 0. The number of carbonyl (C=O) groups is 1. The number of benzene rings is 2. The van der Waals surface area contributed by atoms with E-state index in [4.69, 9.17) is 0 Å². The van der Waals surface area contributed by atoms with Crippen molar-refractivity contribution in [3.8, 4) is 11.1 Å². The smallest absolute Gasteiger partial charge is 0.264 e. The monoisotopic (exact) mass is 406 g/mol. The average molecular weight is 407 g/mol. The largest absolute Gasteiger partial charge is 0.273 e. The number of sulfonamides is 1. The predicted octanol–water partition coefficient (Wildman–Crippen LogP) is 3.90. The van der Waals surface area contributed by atoms with E-state index in [0.717, 1.165) is 34.4 Å². The molecule has 1 unspecified atom stereocenters. The Bertz CT molecular complexity index is 1200. The van der Waals surface area contributed by atoms with Gasteiger partial charge in [-0.1, -0.05) is 36.4 Å². The number of nitrogens with one attached hydrogen (secondary N) is 1. The maximum Gasteiger partial charge on any atom is 0.264 e. The van der Waals surface area contributed by atoms with Gasteiger partial charge in [0, 0.05) is 11.9 Å². The van der Waals surface area contributed by atoms with Crippen molar-refractivity contribution < 1.29 is 13.2 Å². The fourth-order valence-corrected chi connectivity index (χ4v) is 5.29. The van der Waals surface area contributed by atoms with E-state index in [1.54, 1.807) is 31.3 Å². The van der Waals surface area contributed by atoms with Crippen LogP contribution in [0, 0.1) is 13.8 Å². The molecule has 0 radical (unpaired) electrons. The fourth-order valence-electron chi connectivity index (χ4n) is 4.03. The number of hydrogen-bond acceptors (Lipinski definition) is 4. The molecular formula is C23H22N2O3S. The number of carbonyl (C=O) groups excluding carboxylic acids is 1. The molecule has 0 fully saturated rings. The number of amides is 1. The highest BCUT2D eigenvalue weighted by molar-refractivity contribution is 7.90. The number of rotatable bonds is 4. The van der Waals surface area contributed by atoms with Gasteiger partial charge in [-0.2, -0.15) is 0 Å². The van der Waals surface area contributed by atoms with E-state index < -0.39 is 21.8 Å². The highest BCUT2D eigenvalue weighted by Crippen LogP contribution is 2.39. The van der Waals surface area contributed by atoms with Crippen molar-refractivity contribution >= 4 is 15.9 Å². The van der Waals surface area contributed by atoms with Crippen molar-refractivity contribution in [3.05, 3.63) is 83.2 Å². The van der Waals surface area contributed by atoms with Gasteiger partial charge < -0.3 is 0 Å². The van der Waals surface area contributed by atoms with E-state index >= 15 is 0 Å². The van der Waals surface area contributed by atoms with Crippen LogP contribution in [0.15, 0.2) is 65.7 Å². The Morgan fingerprint density at radius 1 is 1.07 bits per heavy atom. The number of aryl methyl sites for hydroxylation is 2. The van der Waals surface area contributed by atoms with E-state index in [1.807, 2.05) is 37.3 Å². The molecule has 1 aliphatic carbocycles. The molecule has 6 heteroatoms. The molecular weight excluding hydrogens is 384 g/mol. The molecule has 1 amide bonds. The van der Waals surface area contributed by atoms with E-state index in [9.17, 15) is 13.2 Å². The van der Waals surface area contributed by atoms with Gasteiger partial charge in [-0.15, -0.1) is 0 Å². The second kappa shape index (κ2) is 7.44. The van der Waals surface area contributed by atoms with Gasteiger partial charge in [0.1, 0.15) is 0 Å². The minimum atomic E-state index is -3.91. The zero-order valence-electron chi connectivity index (χ0n) is 16.3. The lowest BCUT2D eigenvalue weighted by molar-refractivity contribution is -0.120. The Balaban J connectivity index is 1.64. The van der Waals surface area contributed by atoms with Crippen LogP contribution < -0.4 is 4.72 Å². The standard InChI is InChI=1S/C23H22N2O3S/c1-15-6-3-4-9-22(15)29(27,28)25-23(26)21-11-10-20-18(7-5-8-19(20)21)17-12-13-24-16(2)14-17/h3-9,12-14,21H,10-11H2,1-2H3,(H,25,26). The molecule has 1 heterocycles. The third-order valence-corrected chi connectivity index (χ3v) is 6.92. The Hall–Kier alpha value is -2.99. The molecule has 1 aromatic heterocycles. The summed E-state index contributed by atoms with van der Waals surface area (Å²) in [5.74, 6) is -0.957. The van der Waals surface area contributed by atoms with Gasteiger partial charge in [-0.3, -0.25) is 9.78 Å². The SMILES string of the molecule is Cc1cc(-c2cccc3c2CCC3C(=O)NS(=O)(=O)c2ccccc2C)ccn1. The summed E-state index contributed by atoms with van der Waals surface area (Å²) in [4.78, 5) is 17.3. The first kappa shape index (κ1) is 19.3. The average Bonchev–Trinajstić information content (AvgIpc) is 3.12. The second-order valence-corrected chi connectivity index (χ2v) is 9.04. The van der Waals surface area contributed by atoms with Gasteiger partial charge in [0.15, 0.2) is 0 Å². The molecule has 0 saturated heterocycles. The van der Waals surface area contributed by atoms with Crippen LogP contribution >= 0.6 is 0 Å². The zero-order chi connectivity index (χ0) is 20.6. The van der Waals surface area contributed by atoms with Crippen LogP contribution in [-0.2, 0) is 21.2 Å². The molecule has 3 aromatic rings. The Kier molecular flexibility index (Phi) is 4.96. The van der Waals surface area contributed by atoms with E-state index in [1.165, 1.54) is 6.07 Å². The van der Waals surface area contributed by atoms with Crippen molar-refractivity contribution in [2.45, 2.75) is 37.5 Å². The first-order chi connectivity index (χ1) is 13.9. The second-order valence-electron chi connectivity index (χ2n) is 7.39. The van der Waals surface area contributed by atoms with E-state index in [2.05, 4.69) is 9.71 Å². The van der Waals surface area contributed by atoms with Crippen LogP contribution in [0.3, 0.4) is 0 Å². The summed E-state index contributed by atoms with van der Waals surface area (Å²) in [6, 6.07) is 16.5. The van der Waals surface area contributed by atoms with Crippen LogP contribution in [0.1, 0.15) is 34.7 Å². The molecule has 0 bridgehead atoms. The summed E-state index contributed by atoms with van der Waals surface area (Å²) in [6.45, 7) is 3.66. The maximum absolute atomic E-state index is 12.9. The normalized spacial score (nSPS) is 15.7. The van der Waals surface area contributed by atoms with Crippen molar-refractivity contribution in [1.82, 2.24) is 9.71 Å². The zero-order valence-corrected chi connectivity index (χ0v) is 17.2. The highest BCUT2D eigenvalue weighted by Gasteiger charge is 2.33. The lowest BCUT2D eigenvalue weighted by atomic mass is 9.94. The van der Waals surface area contributed by atoms with Crippen molar-refractivity contribution in [3.63, 3.8) is 0 Å². The summed E-state index contributed by atoms with van der Waals surface area (Å²) in [5, 5.41) is 0. The minimum Gasteiger partial charge on any atom is -0.273 e. The van der Waals surface area contributed by atoms with Gasteiger partial charge in [-0.25, -0.2) is 13.1 Å². The van der Waals surface area contributed by atoms with Crippen LogP contribution in [0.5, 0.6) is 0 Å². The molecule has 0 spiro atoms. The highest BCUT2D eigenvalue weighted by atomic mass is 32.2. The van der Waals surface area contributed by atoms with Crippen molar-refractivity contribution in [1.29, 1.82) is 0 Å². The van der Waals surface area contributed by atoms with Gasteiger partial charge in [-0.05, 0) is 72.7 Å². The molecule has 5 nitrogen and oxygen atoms in total. The molecule has 0 aliphatic heterocycles. The molecule has 148 valence electrons. The molecule has 1 N–H and O–H groups in total. The van der Waals surface area contributed by atoms with Gasteiger partial charge in [0.25, 0.3) is 10.0 Å². The van der Waals surface area contributed by atoms with Crippen LogP contribution in [0.4, 0.5) is 0 Å². The lowest BCUT2D eigenvalue weighted by Gasteiger charge is -2.15. The summed E-state index contributed by atoms with van der Waals surface area (Å²) < 4.78 is 27.7. The van der Waals surface area contributed by atoms with Crippen LogP contribution in [0.25, 0.3) is 11.1 Å². The number of pyridine rings is 1. The Morgan fingerprint density at radius 2 is 1.86 bits per heavy atom. The molecule has 1 atom stereocenters. The lowest BCUT2D eigenvalue weighted by Crippen LogP contribution is -2.34. The summed E-state index contributed by atoms with van der Waals surface area (Å²) in [7, 11) is -3.91. The summed E-state index contributed by atoms with van der Waals surface area (Å²) in [5.41, 5.74) is 5.67. The number of nitrogens with zero attached hydrogens (tertiary/aromatic N) is 1. The minimum absolute atomic E-state index is 0.132. The Labute approximate surface area is 170 Å². The first-order valence-electron chi connectivity index (χ1n) is 9.54. The topological polar surface area (TPSA) is 76.1 Å². The van der Waals surface area contributed by atoms with Crippen LogP contribution in [0.2, 0.25) is 0 Å². The molecule has 1 aliphatic rings. The number of fused-ring (bicyclic) bond motifs is 1. The number of hydrogen-bond donors (Lipinski definition) is 1. The maximum atomic E-state index is 12.9. The van der Waals surface area contributed by atoms with E-state index in [-0.39, 0.29) is 4.90 Å². The molecule has 4 rings (SSSR count). The predicted molar refractivity (Wildman–Crippen MR) is 112 cm³/mol. The quantitative estimate of drug-likeness (QED) is 0.713. The third kappa shape index (κ3) is 3.68. The molecule has 2 aromatic carbocycles. The van der Waals surface area contributed by atoms with E-state index in [0.29, 0.717) is 12.0 Å². The van der Waals surface area contributed by atoms with Crippen molar-refractivity contribution in [2.24, 2.45) is 0 Å². The van der Waals surface area contributed by atoms with Gasteiger partial charge >= 0.3 is 0 Å². The van der Waals surface area contributed by atoms with Gasteiger partial charge in [0.05, 0.1) is 10.8 Å². The fraction of sp³-hybridized carbons (Fsp3) is 0.217. The molecule has 0 saturated carbocycles.